The van der Waals surface area contributed by atoms with Crippen molar-refractivity contribution in [2.45, 2.75) is 83.0 Å². The van der Waals surface area contributed by atoms with Crippen molar-refractivity contribution in [3.8, 4) is 0 Å². The van der Waals surface area contributed by atoms with Gasteiger partial charge in [-0.15, -0.1) is 11.3 Å². The Balaban J connectivity index is 1.75. The molecule has 0 bridgehead atoms. The predicted molar refractivity (Wildman–Crippen MR) is 95.1 cm³/mol. The van der Waals surface area contributed by atoms with Crippen LogP contribution in [0, 0.1) is 0 Å². The summed E-state index contributed by atoms with van der Waals surface area (Å²) in [6.45, 7) is 9.32. The molecule has 2 nitrogen and oxygen atoms in total. The Labute approximate surface area is 141 Å². The average Bonchev–Trinajstić information content (AvgIpc) is 2.66. The van der Waals surface area contributed by atoms with Crippen molar-refractivity contribution in [1.82, 2.24) is 10.6 Å². The molecule has 0 spiro atoms. The van der Waals surface area contributed by atoms with E-state index in [-0.39, 0.29) is 11.1 Å². The number of hydrogen-bond acceptors (Lipinski definition) is 3. The van der Waals surface area contributed by atoms with Crippen molar-refractivity contribution >= 4 is 27.3 Å². The van der Waals surface area contributed by atoms with Gasteiger partial charge in [0.25, 0.3) is 0 Å². The van der Waals surface area contributed by atoms with Gasteiger partial charge in [-0.05, 0) is 87.4 Å². The molecular formula is C17H27BrN2S. The predicted octanol–water partition coefficient (Wildman–Crippen LogP) is 4.79. The smallest absolute Gasteiger partial charge is 0.0704 e. The molecule has 1 aliphatic heterocycles. The van der Waals surface area contributed by atoms with Crippen molar-refractivity contribution in [1.29, 1.82) is 0 Å². The molecule has 1 fully saturated rings. The highest BCUT2D eigenvalue weighted by molar-refractivity contribution is 9.11. The van der Waals surface area contributed by atoms with Gasteiger partial charge in [-0.1, -0.05) is 0 Å². The molecule has 1 aliphatic carbocycles. The molecule has 3 rings (SSSR count). The first-order valence-corrected chi connectivity index (χ1v) is 9.69. The number of hydrogen-bond donors (Lipinski definition) is 2. The van der Waals surface area contributed by atoms with E-state index in [4.69, 9.17) is 0 Å². The van der Waals surface area contributed by atoms with Crippen LogP contribution in [0.1, 0.15) is 69.9 Å². The molecule has 118 valence electrons. The van der Waals surface area contributed by atoms with E-state index in [0.717, 1.165) is 0 Å². The van der Waals surface area contributed by atoms with E-state index >= 15 is 0 Å². The van der Waals surface area contributed by atoms with E-state index in [0.29, 0.717) is 12.1 Å². The van der Waals surface area contributed by atoms with Gasteiger partial charge in [-0.25, -0.2) is 0 Å². The molecule has 2 aliphatic rings. The molecule has 1 atom stereocenters. The van der Waals surface area contributed by atoms with Gasteiger partial charge in [-0.2, -0.15) is 0 Å². The Morgan fingerprint density at radius 3 is 2.57 bits per heavy atom. The molecule has 1 aromatic heterocycles. The lowest BCUT2D eigenvalue weighted by atomic mass is 9.79. The molecule has 2 N–H and O–H groups in total. The monoisotopic (exact) mass is 370 g/mol. The van der Waals surface area contributed by atoms with Crippen LogP contribution >= 0.6 is 27.3 Å². The second kappa shape index (κ2) is 5.63. The first-order valence-electron chi connectivity index (χ1n) is 8.08. The third-order valence-electron chi connectivity index (χ3n) is 4.71. The van der Waals surface area contributed by atoms with Crippen LogP contribution < -0.4 is 10.6 Å². The molecule has 4 heteroatoms. The number of nitrogens with one attached hydrogen (secondary N) is 2. The zero-order valence-electron chi connectivity index (χ0n) is 13.6. The van der Waals surface area contributed by atoms with E-state index in [1.54, 1.807) is 10.4 Å². The van der Waals surface area contributed by atoms with Gasteiger partial charge in [0.2, 0.25) is 0 Å². The van der Waals surface area contributed by atoms with E-state index in [9.17, 15) is 0 Å². The summed E-state index contributed by atoms with van der Waals surface area (Å²) in [6.07, 6.45) is 6.25. The third kappa shape index (κ3) is 3.72. The van der Waals surface area contributed by atoms with E-state index < -0.39 is 0 Å². The number of thiophene rings is 1. The summed E-state index contributed by atoms with van der Waals surface area (Å²) >= 11 is 5.58. The van der Waals surface area contributed by atoms with Gasteiger partial charge in [0.15, 0.2) is 0 Å². The summed E-state index contributed by atoms with van der Waals surface area (Å²) in [5.74, 6) is 0. The molecule has 1 unspecified atom stereocenters. The van der Waals surface area contributed by atoms with Gasteiger partial charge in [0, 0.05) is 28.0 Å². The topological polar surface area (TPSA) is 24.1 Å². The highest BCUT2D eigenvalue weighted by Gasteiger charge is 2.38. The summed E-state index contributed by atoms with van der Waals surface area (Å²) < 4.78 is 1.28. The van der Waals surface area contributed by atoms with E-state index in [1.165, 1.54) is 35.9 Å². The van der Waals surface area contributed by atoms with E-state index in [2.05, 4.69) is 60.3 Å². The molecule has 1 saturated heterocycles. The van der Waals surface area contributed by atoms with Gasteiger partial charge < -0.3 is 10.6 Å². The Morgan fingerprint density at radius 1 is 1.24 bits per heavy atom. The van der Waals surface area contributed by atoms with Crippen LogP contribution in [0.3, 0.4) is 0 Å². The maximum absolute atomic E-state index is 3.98. The zero-order chi connectivity index (χ0) is 15.3. The molecule has 0 radical (unpaired) electrons. The molecule has 2 heterocycles. The molecular weight excluding hydrogens is 344 g/mol. The molecule has 0 saturated carbocycles. The number of fused-ring (bicyclic) bond motifs is 1. The second-order valence-electron chi connectivity index (χ2n) is 8.04. The Kier molecular flexibility index (Phi) is 4.28. The summed E-state index contributed by atoms with van der Waals surface area (Å²) in [5, 5.41) is 7.76. The molecule has 0 amide bonds. The molecule has 0 aromatic carbocycles. The maximum atomic E-state index is 3.98. The fraction of sp³-hybridized carbons (Fsp3) is 0.765. The van der Waals surface area contributed by atoms with Gasteiger partial charge in [-0.3, -0.25) is 0 Å². The number of halogens is 1. The Hall–Kier alpha value is 0.1000. The minimum absolute atomic E-state index is 0.214. The van der Waals surface area contributed by atoms with Crippen LogP contribution in [0.4, 0.5) is 0 Å². The Morgan fingerprint density at radius 2 is 1.90 bits per heavy atom. The summed E-state index contributed by atoms with van der Waals surface area (Å²) in [6, 6.07) is 3.49. The fourth-order valence-corrected chi connectivity index (χ4v) is 6.24. The number of rotatable bonds is 2. The number of piperidine rings is 1. The average molecular weight is 371 g/mol. The first-order chi connectivity index (χ1) is 9.74. The highest BCUT2D eigenvalue weighted by atomic mass is 79.9. The van der Waals surface area contributed by atoms with Gasteiger partial charge in [0.05, 0.1) is 3.79 Å². The van der Waals surface area contributed by atoms with Crippen LogP contribution in [-0.4, -0.2) is 17.1 Å². The van der Waals surface area contributed by atoms with Crippen molar-refractivity contribution in [2.24, 2.45) is 0 Å². The second-order valence-corrected chi connectivity index (χ2v) is 10.6. The maximum Gasteiger partial charge on any atom is 0.0704 e. The highest BCUT2D eigenvalue weighted by Crippen LogP contribution is 2.39. The van der Waals surface area contributed by atoms with Gasteiger partial charge >= 0.3 is 0 Å². The van der Waals surface area contributed by atoms with Crippen LogP contribution in [0.5, 0.6) is 0 Å². The standard InChI is InChI=1S/C17H27BrN2S/c1-16(2)9-11(10-17(3,4)20-16)19-13-6-5-7-14-12(13)8-15(18)21-14/h8,11,13,19-20H,5-7,9-10H2,1-4H3. The lowest BCUT2D eigenvalue weighted by Crippen LogP contribution is -2.61. The van der Waals surface area contributed by atoms with Crippen LogP contribution in [-0.2, 0) is 6.42 Å². The normalized spacial score (nSPS) is 28.3. The van der Waals surface area contributed by atoms with Crippen molar-refractivity contribution in [3.05, 3.63) is 20.3 Å². The van der Waals surface area contributed by atoms with Crippen molar-refractivity contribution < 1.29 is 0 Å². The zero-order valence-corrected chi connectivity index (χ0v) is 16.0. The van der Waals surface area contributed by atoms with E-state index in [1.807, 2.05) is 11.3 Å². The number of aryl methyl sites for hydroxylation is 1. The largest absolute Gasteiger partial charge is 0.307 e. The van der Waals surface area contributed by atoms with Crippen LogP contribution in [0.2, 0.25) is 0 Å². The first kappa shape index (κ1) is 16.0. The summed E-state index contributed by atoms with van der Waals surface area (Å²) in [7, 11) is 0. The van der Waals surface area contributed by atoms with Gasteiger partial charge in [0.1, 0.15) is 0 Å². The third-order valence-corrected chi connectivity index (χ3v) is 6.42. The van der Waals surface area contributed by atoms with Crippen LogP contribution in [0.15, 0.2) is 9.85 Å². The lowest BCUT2D eigenvalue weighted by molar-refractivity contribution is 0.137. The summed E-state index contributed by atoms with van der Waals surface area (Å²) in [4.78, 5) is 1.58. The van der Waals surface area contributed by atoms with Crippen molar-refractivity contribution in [3.63, 3.8) is 0 Å². The van der Waals surface area contributed by atoms with Crippen LogP contribution in [0.25, 0.3) is 0 Å². The lowest BCUT2D eigenvalue weighted by Gasteiger charge is -2.47. The quantitative estimate of drug-likeness (QED) is 0.781. The minimum atomic E-state index is 0.214. The Bertz CT molecular complexity index is 505. The van der Waals surface area contributed by atoms with Crippen molar-refractivity contribution in [2.75, 3.05) is 0 Å². The fourth-order valence-electron chi connectivity index (χ4n) is 4.42. The minimum Gasteiger partial charge on any atom is -0.307 e. The SMILES string of the molecule is CC1(C)CC(NC2CCCc3sc(Br)cc32)CC(C)(C)N1. The summed E-state index contributed by atoms with van der Waals surface area (Å²) in [5.41, 5.74) is 1.98. The molecule has 1 aromatic rings. The molecule has 21 heavy (non-hydrogen) atoms.